The SMILES string of the molecule is COc1ccc(/C=N\NC(=O)[C@H]2COc3ccccc3O2)cc1OC. The van der Waals surface area contributed by atoms with E-state index in [4.69, 9.17) is 18.9 Å². The van der Waals surface area contributed by atoms with Crippen molar-refractivity contribution in [3.05, 3.63) is 48.0 Å². The molecule has 0 aliphatic carbocycles. The fourth-order valence-corrected chi connectivity index (χ4v) is 2.32. The third kappa shape index (κ3) is 3.82. The molecule has 0 fully saturated rings. The fourth-order valence-electron chi connectivity index (χ4n) is 2.32. The number of nitrogens with zero attached hydrogens (tertiary/aromatic N) is 1. The van der Waals surface area contributed by atoms with Crippen LogP contribution in [0.25, 0.3) is 0 Å². The summed E-state index contributed by atoms with van der Waals surface area (Å²) in [4.78, 5) is 12.1. The third-order valence-corrected chi connectivity index (χ3v) is 3.60. The predicted molar refractivity (Wildman–Crippen MR) is 91.6 cm³/mol. The van der Waals surface area contributed by atoms with Gasteiger partial charge in [-0.2, -0.15) is 5.10 Å². The van der Waals surface area contributed by atoms with Crippen LogP contribution < -0.4 is 24.4 Å². The standard InChI is InChI=1S/C18H18N2O5/c1-22-13-8-7-12(9-16(13)23-2)10-19-20-18(21)17-11-24-14-5-3-4-6-15(14)25-17/h3-10,17H,11H2,1-2H3,(H,20,21)/b19-10-/t17-/m1/s1. The highest BCUT2D eigenvalue weighted by Gasteiger charge is 2.26. The number of benzene rings is 2. The Bertz CT molecular complexity index is 791. The van der Waals surface area contributed by atoms with E-state index in [1.54, 1.807) is 44.6 Å². The molecule has 1 N–H and O–H groups in total. The van der Waals surface area contributed by atoms with E-state index < -0.39 is 6.10 Å². The van der Waals surface area contributed by atoms with Crippen molar-refractivity contribution < 1.29 is 23.7 Å². The first-order valence-electron chi connectivity index (χ1n) is 7.64. The molecule has 0 bridgehead atoms. The van der Waals surface area contributed by atoms with Gasteiger partial charge in [0.15, 0.2) is 23.0 Å². The van der Waals surface area contributed by atoms with Gasteiger partial charge in [-0.25, -0.2) is 5.43 Å². The third-order valence-electron chi connectivity index (χ3n) is 3.60. The molecule has 1 aliphatic heterocycles. The second kappa shape index (κ2) is 7.57. The molecule has 0 aromatic heterocycles. The van der Waals surface area contributed by atoms with Gasteiger partial charge in [-0.15, -0.1) is 0 Å². The van der Waals surface area contributed by atoms with E-state index in [-0.39, 0.29) is 12.5 Å². The summed E-state index contributed by atoms with van der Waals surface area (Å²) in [6.07, 6.45) is 0.759. The summed E-state index contributed by atoms with van der Waals surface area (Å²) < 4.78 is 21.5. The van der Waals surface area contributed by atoms with Crippen molar-refractivity contribution in [3.8, 4) is 23.0 Å². The molecule has 2 aromatic carbocycles. The maximum Gasteiger partial charge on any atom is 0.284 e. The summed E-state index contributed by atoms with van der Waals surface area (Å²) in [5.41, 5.74) is 3.20. The maximum absolute atomic E-state index is 12.1. The van der Waals surface area contributed by atoms with Crippen LogP contribution in [0.4, 0.5) is 0 Å². The molecule has 7 heteroatoms. The second-order valence-corrected chi connectivity index (χ2v) is 5.21. The Hall–Kier alpha value is -3.22. The van der Waals surface area contributed by atoms with Crippen LogP contribution >= 0.6 is 0 Å². The Morgan fingerprint density at radius 3 is 2.68 bits per heavy atom. The van der Waals surface area contributed by atoms with E-state index in [0.29, 0.717) is 23.0 Å². The highest BCUT2D eigenvalue weighted by molar-refractivity contribution is 5.85. The molecule has 1 aliphatic rings. The van der Waals surface area contributed by atoms with E-state index in [1.165, 1.54) is 6.21 Å². The summed E-state index contributed by atoms with van der Waals surface area (Å²) in [6, 6.07) is 12.5. The first kappa shape index (κ1) is 16.6. The first-order valence-corrected chi connectivity index (χ1v) is 7.64. The lowest BCUT2D eigenvalue weighted by atomic mass is 10.2. The highest BCUT2D eigenvalue weighted by Crippen LogP contribution is 2.31. The van der Waals surface area contributed by atoms with Crippen LogP contribution in [0.5, 0.6) is 23.0 Å². The van der Waals surface area contributed by atoms with Crippen molar-refractivity contribution in [1.82, 2.24) is 5.43 Å². The zero-order valence-electron chi connectivity index (χ0n) is 13.9. The lowest BCUT2D eigenvalue weighted by Crippen LogP contribution is -2.42. The molecule has 1 atom stereocenters. The molecule has 0 unspecified atom stereocenters. The Balaban J connectivity index is 1.60. The van der Waals surface area contributed by atoms with Crippen LogP contribution in [0.2, 0.25) is 0 Å². The molecule has 3 rings (SSSR count). The molecule has 130 valence electrons. The number of carbonyl (C=O) groups excluding carboxylic acids is 1. The number of fused-ring (bicyclic) bond motifs is 1. The number of hydrazone groups is 1. The maximum atomic E-state index is 12.1. The van der Waals surface area contributed by atoms with Gasteiger partial charge < -0.3 is 18.9 Å². The Morgan fingerprint density at radius 2 is 1.92 bits per heavy atom. The number of ether oxygens (including phenoxy) is 4. The molecule has 0 spiro atoms. The topological polar surface area (TPSA) is 78.4 Å². The monoisotopic (exact) mass is 342 g/mol. The molecular formula is C18H18N2O5. The van der Waals surface area contributed by atoms with Crippen LogP contribution in [-0.2, 0) is 4.79 Å². The summed E-state index contributed by atoms with van der Waals surface area (Å²) in [5.74, 6) is 1.98. The van der Waals surface area contributed by atoms with E-state index in [1.807, 2.05) is 12.1 Å². The van der Waals surface area contributed by atoms with E-state index in [0.717, 1.165) is 5.56 Å². The van der Waals surface area contributed by atoms with Gasteiger partial charge in [-0.3, -0.25) is 4.79 Å². The first-order chi connectivity index (χ1) is 12.2. The van der Waals surface area contributed by atoms with E-state index in [9.17, 15) is 4.79 Å². The molecule has 2 aromatic rings. The zero-order valence-corrected chi connectivity index (χ0v) is 13.9. The van der Waals surface area contributed by atoms with Gasteiger partial charge in [0.1, 0.15) is 6.61 Å². The second-order valence-electron chi connectivity index (χ2n) is 5.21. The quantitative estimate of drug-likeness (QED) is 0.664. The van der Waals surface area contributed by atoms with Gasteiger partial charge in [0.05, 0.1) is 20.4 Å². The molecular weight excluding hydrogens is 324 g/mol. The number of rotatable bonds is 5. The van der Waals surface area contributed by atoms with E-state index in [2.05, 4.69) is 10.5 Å². The number of nitrogens with one attached hydrogen (secondary N) is 1. The summed E-state index contributed by atoms with van der Waals surface area (Å²) in [5, 5.41) is 3.95. The van der Waals surface area contributed by atoms with Crippen molar-refractivity contribution in [2.75, 3.05) is 20.8 Å². The Labute approximate surface area is 145 Å². The average molecular weight is 342 g/mol. The minimum absolute atomic E-state index is 0.134. The van der Waals surface area contributed by atoms with E-state index >= 15 is 0 Å². The summed E-state index contributed by atoms with van der Waals surface area (Å²) in [7, 11) is 3.12. The van der Waals surface area contributed by atoms with Gasteiger partial charge in [0, 0.05) is 0 Å². The van der Waals surface area contributed by atoms with Crippen LogP contribution in [-0.4, -0.2) is 39.1 Å². The van der Waals surface area contributed by atoms with Crippen molar-refractivity contribution in [3.63, 3.8) is 0 Å². The van der Waals surface area contributed by atoms with Crippen LogP contribution in [0.3, 0.4) is 0 Å². The van der Waals surface area contributed by atoms with Crippen molar-refractivity contribution in [2.45, 2.75) is 6.10 Å². The fraction of sp³-hybridized carbons (Fsp3) is 0.222. The number of hydrogen-bond acceptors (Lipinski definition) is 6. The molecule has 0 radical (unpaired) electrons. The molecule has 25 heavy (non-hydrogen) atoms. The zero-order chi connectivity index (χ0) is 17.6. The number of hydrogen-bond donors (Lipinski definition) is 1. The normalized spacial score (nSPS) is 15.7. The average Bonchev–Trinajstić information content (AvgIpc) is 2.67. The van der Waals surface area contributed by atoms with Crippen molar-refractivity contribution in [1.29, 1.82) is 0 Å². The lowest BCUT2D eigenvalue weighted by Gasteiger charge is -2.24. The number of para-hydroxylation sites is 2. The van der Waals surface area contributed by atoms with Crippen LogP contribution in [0.15, 0.2) is 47.6 Å². The number of methoxy groups -OCH3 is 2. The molecule has 0 saturated carbocycles. The largest absolute Gasteiger partial charge is 0.493 e. The highest BCUT2D eigenvalue weighted by atomic mass is 16.6. The van der Waals surface area contributed by atoms with Crippen LogP contribution in [0.1, 0.15) is 5.56 Å². The molecule has 7 nitrogen and oxygen atoms in total. The van der Waals surface area contributed by atoms with Gasteiger partial charge in [-0.05, 0) is 35.9 Å². The number of carbonyl (C=O) groups is 1. The van der Waals surface area contributed by atoms with Crippen LogP contribution in [0, 0.1) is 0 Å². The lowest BCUT2D eigenvalue weighted by molar-refractivity contribution is -0.130. The number of amides is 1. The summed E-state index contributed by atoms with van der Waals surface area (Å²) in [6.45, 7) is 0.134. The van der Waals surface area contributed by atoms with Gasteiger partial charge >= 0.3 is 0 Å². The molecule has 0 saturated heterocycles. The van der Waals surface area contributed by atoms with Crippen molar-refractivity contribution >= 4 is 12.1 Å². The van der Waals surface area contributed by atoms with Crippen molar-refractivity contribution in [2.24, 2.45) is 5.10 Å². The minimum atomic E-state index is -0.752. The minimum Gasteiger partial charge on any atom is -0.493 e. The smallest absolute Gasteiger partial charge is 0.284 e. The Kier molecular flexibility index (Phi) is 5.03. The predicted octanol–water partition coefficient (Wildman–Crippen LogP) is 1.99. The summed E-state index contributed by atoms with van der Waals surface area (Å²) >= 11 is 0. The van der Waals surface area contributed by atoms with Gasteiger partial charge in [-0.1, -0.05) is 12.1 Å². The molecule has 1 heterocycles. The molecule has 1 amide bonds. The van der Waals surface area contributed by atoms with Gasteiger partial charge in [0.2, 0.25) is 6.10 Å². The van der Waals surface area contributed by atoms with Gasteiger partial charge in [0.25, 0.3) is 5.91 Å². The Morgan fingerprint density at radius 1 is 1.16 bits per heavy atom.